The summed E-state index contributed by atoms with van der Waals surface area (Å²) in [5.41, 5.74) is 0.168. The van der Waals surface area contributed by atoms with Crippen molar-refractivity contribution in [2.45, 2.75) is 45.0 Å². The lowest BCUT2D eigenvalue weighted by atomic mass is 9.97. The summed E-state index contributed by atoms with van der Waals surface area (Å²) in [6.45, 7) is 5.65. The normalized spacial score (nSPS) is 16.6. The average molecular weight is 401 g/mol. The van der Waals surface area contributed by atoms with E-state index in [1.165, 1.54) is 22.5 Å². The Morgan fingerprint density at radius 3 is 2.59 bits per heavy atom. The van der Waals surface area contributed by atoms with E-state index in [4.69, 9.17) is 4.74 Å². The minimum atomic E-state index is -3.60. The maximum absolute atomic E-state index is 13.7. The summed E-state index contributed by atoms with van der Waals surface area (Å²) in [6.07, 6.45) is 1.88. The molecule has 1 saturated heterocycles. The molecule has 27 heavy (non-hydrogen) atoms. The van der Waals surface area contributed by atoms with Crippen LogP contribution in [-0.4, -0.2) is 51.0 Å². The quantitative estimate of drug-likeness (QED) is 0.646. The number of sulfonamides is 1. The highest BCUT2D eigenvalue weighted by molar-refractivity contribution is 7.88. The molecule has 0 unspecified atom stereocenters. The predicted molar refractivity (Wildman–Crippen MR) is 102 cm³/mol. The molecule has 0 atom stereocenters. The number of rotatable bonds is 9. The van der Waals surface area contributed by atoms with Crippen molar-refractivity contribution in [2.75, 3.05) is 26.2 Å². The smallest absolute Gasteiger partial charge is 0.223 e. The second-order valence-corrected chi connectivity index (χ2v) is 9.05. The first-order chi connectivity index (χ1) is 12.8. The lowest BCUT2D eigenvalue weighted by Gasteiger charge is -2.30. The summed E-state index contributed by atoms with van der Waals surface area (Å²) in [5, 5.41) is 2.89. The fraction of sp³-hybridized carbons (Fsp3) is 0.632. The van der Waals surface area contributed by atoms with E-state index >= 15 is 0 Å². The van der Waals surface area contributed by atoms with Crippen LogP contribution in [0.4, 0.5) is 4.39 Å². The number of amides is 1. The van der Waals surface area contributed by atoms with E-state index in [1.807, 2.05) is 13.8 Å². The van der Waals surface area contributed by atoms with Gasteiger partial charge in [-0.1, -0.05) is 18.2 Å². The first kappa shape index (κ1) is 21.8. The van der Waals surface area contributed by atoms with Crippen LogP contribution in [0.3, 0.4) is 0 Å². The van der Waals surface area contributed by atoms with Crippen LogP contribution in [0.5, 0.6) is 0 Å². The standard InChI is InChI=1S/C19H29FN2O4S/c1-15(2)26-13-5-10-21-19(23)16-8-11-22(12-9-16)27(24,25)14-17-6-3-4-7-18(17)20/h3-4,6-7,15-16H,5,8-14H2,1-2H3,(H,21,23). The number of halogens is 1. The van der Waals surface area contributed by atoms with Gasteiger partial charge in [-0.3, -0.25) is 4.79 Å². The first-order valence-corrected chi connectivity index (χ1v) is 11.0. The van der Waals surface area contributed by atoms with Crippen LogP contribution in [-0.2, 0) is 25.3 Å². The van der Waals surface area contributed by atoms with E-state index in [-0.39, 0.29) is 42.3 Å². The second kappa shape index (κ2) is 10.1. The third-order valence-corrected chi connectivity index (χ3v) is 6.41. The minimum absolute atomic E-state index is 0.0364. The van der Waals surface area contributed by atoms with Gasteiger partial charge in [-0.2, -0.15) is 0 Å². The van der Waals surface area contributed by atoms with Crippen LogP contribution in [0, 0.1) is 11.7 Å². The Balaban J connectivity index is 1.77. The van der Waals surface area contributed by atoms with Gasteiger partial charge in [-0.15, -0.1) is 0 Å². The van der Waals surface area contributed by atoms with Gasteiger partial charge in [0.2, 0.25) is 15.9 Å². The second-order valence-electron chi connectivity index (χ2n) is 7.09. The van der Waals surface area contributed by atoms with E-state index in [9.17, 15) is 17.6 Å². The number of ether oxygens (including phenoxy) is 1. The number of piperidine rings is 1. The molecule has 1 aromatic rings. The first-order valence-electron chi connectivity index (χ1n) is 9.40. The summed E-state index contributed by atoms with van der Waals surface area (Å²) in [5.74, 6) is -1.09. The van der Waals surface area contributed by atoms with E-state index in [0.29, 0.717) is 26.0 Å². The van der Waals surface area contributed by atoms with Crippen LogP contribution in [0.15, 0.2) is 24.3 Å². The summed E-state index contributed by atoms with van der Waals surface area (Å²) in [7, 11) is -3.60. The van der Waals surface area contributed by atoms with Crippen molar-refractivity contribution in [2.24, 2.45) is 5.92 Å². The Bertz CT molecular complexity index is 716. The fourth-order valence-electron chi connectivity index (χ4n) is 3.05. The molecular weight excluding hydrogens is 371 g/mol. The molecule has 0 bridgehead atoms. The van der Waals surface area contributed by atoms with Crippen LogP contribution >= 0.6 is 0 Å². The zero-order chi connectivity index (χ0) is 19.9. The molecule has 0 aliphatic carbocycles. The largest absolute Gasteiger partial charge is 0.379 e. The molecule has 1 N–H and O–H groups in total. The Morgan fingerprint density at radius 1 is 1.30 bits per heavy atom. The van der Waals surface area contributed by atoms with Crippen molar-refractivity contribution in [3.8, 4) is 0 Å². The molecule has 0 spiro atoms. The molecule has 1 aromatic carbocycles. The third kappa shape index (κ3) is 6.86. The number of hydrogen-bond acceptors (Lipinski definition) is 4. The Kier molecular flexibility index (Phi) is 8.19. The molecule has 1 fully saturated rings. The highest BCUT2D eigenvalue weighted by Crippen LogP contribution is 2.22. The molecule has 0 saturated carbocycles. The van der Waals surface area contributed by atoms with Crippen molar-refractivity contribution in [3.63, 3.8) is 0 Å². The minimum Gasteiger partial charge on any atom is -0.379 e. The van der Waals surface area contributed by atoms with E-state index < -0.39 is 15.8 Å². The topological polar surface area (TPSA) is 75.7 Å². The zero-order valence-electron chi connectivity index (χ0n) is 16.0. The van der Waals surface area contributed by atoms with E-state index in [2.05, 4.69) is 5.32 Å². The van der Waals surface area contributed by atoms with Crippen molar-refractivity contribution >= 4 is 15.9 Å². The van der Waals surface area contributed by atoms with Crippen molar-refractivity contribution in [1.29, 1.82) is 0 Å². The number of carbonyl (C=O) groups excluding carboxylic acids is 1. The Morgan fingerprint density at radius 2 is 1.96 bits per heavy atom. The molecule has 1 aliphatic rings. The number of benzene rings is 1. The van der Waals surface area contributed by atoms with Gasteiger partial charge in [0.05, 0.1) is 11.9 Å². The number of nitrogens with one attached hydrogen (secondary N) is 1. The van der Waals surface area contributed by atoms with Crippen molar-refractivity contribution < 1.29 is 22.3 Å². The maximum Gasteiger partial charge on any atom is 0.223 e. The molecule has 2 rings (SSSR count). The van der Waals surface area contributed by atoms with Gasteiger partial charge < -0.3 is 10.1 Å². The van der Waals surface area contributed by atoms with Gasteiger partial charge in [0.15, 0.2) is 0 Å². The summed E-state index contributed by atoms with van der Waals surface area (Å²) < 4.78 is 45.6. The summed E-state index contributed by atoms with van der Waals surface area (Å²) in [4.78, 5) is 12.2. The van der Waals surface area contributed by atoms with E-state index in [1.54, 1.807) is 6.07 Å². The van der Waals surface area contributed by atoms with Gasteiger partial charge in [-0.25, -0.2) is 17.1 Å². The van der Waals surface area contributed by atoms with Crippen molar-refractivity contribution in [1.82, 2.24) is 9.62 Å². The SMILES string of the molecule is CC(C)OCCCNC(=O)C1CCN(S(=O)(=O)Cc2ccccc2F)CC1. The van der Waals surface area contributed by atoms with Gasteiger partial charge in [0.1, 0.15) is 5.82 Å². The average Bonchev–Trinajstić information content (AvgIpc) is 2.63. The number of hydrogen-bond donors (Lipinski definition) is 1. The molecular formula is C19H29FN2O4S. The monoisotopic (exact) mass is 400 g/mol. The van der Waals surface area contributed by atoms with Crippen LogP contribution in [0.1, 0.15) is 38.7 Å². The highest BCUT2D eigenvalue weighted by atomic mass is 32.2. The number of carbonyl (C=O) groups is 1. The lowest BCUT2D eigenvalue weighted by Crippen LogP contribution is -2.43. The molecule has 0 aromatic heterocycles. The van der Waals surface area contributed by atoms with E-state index in [0.717, 1.165) is 6.42 Å². The van der Waals surface area contributed by atoms with Gasteiger partial charge >= 0.3 is 0 Å². The molecule has 0 radical (unpaired) electrons. The molecule has 1 amide bonds. The van der Waals surface area contributed by atoms with Crippen LogP contribution < -0.4 is 5.32 Å². The summed E-state index contributed by atoms with van der Waals surface area (Å²) >= 11 is 0. The maximum atomic E-state index is 13.7. The fourth-order valence-corrected chi connectivity index (χ4v) is 4.62. The molecule has 8 heteroatoms. The van der Waals surface area contributed by atoms with Crippen LogP contribution in [0.2, 0.25) is 0 Å². The number of nitrogens with zero attached hydrogens (tertiary/aromatic N) is 1. The molecule has 1 heterocycles. The molecule has 152 valence electrons. The zero-order valence-corrected chi connectivity index (χ0v) is 16.8. The Labute approximate surface area is 161 Å². The predicted octanol–water partition coefficient (Wildman–Crippen LogP) is 2.30. The summed E-state index contributed by atoms with van der Waals surface area (Å²) in [6, 6.07) is 5.89. The van der Waals surface area contributed by atoms with Gasteiger partial charge in [-0.05, 0) is 39.2 Å². The van der Waals surface area contributed by atoms with Crippen molar-refractivity contribution in [3.05, 3.63) is 35.6 Å². The van der Waals surface area contributed by atoms with Gasteiger partial charge in [0.25, 0.3) is 0 Å². The van der Waals surface area contributed by atoms with Crippen LogP contribution in [0.25, 0.3) is 0 Å². The Hall–Kier alpha value is -1.51. The molecule has 1 aliphatic heterocycles. The third-order valence-electron chi connectivity index (χ3n) is 4.59. The molecule has 6 nitrogen and oxygen atoms in total. The van der Waals surface area contributed by atoms with Gasteiger partial charge in [0, 0.05) is 37.7 Å². The lowest BCUT2D eigenvalue weighted by molar-refractivity contribution is -0.126. The highest BCUT2D eigenvalue weighted by Gasteiger charge is 2.31.